The van der Waals surface area contributed by atoms with E-state index in [1.807, 2.05) is 30.3 Å². The molecule has 5 heteroatoms. The lowest BCUT2D eigenvalue weighted by Crippen LogP contribution is -2.15. The number of rotatable bonds is 2. The number of nitrogens with zero attached hydrogens (tertiary/aromatic N) is 2. The van der Waals surface area contributed by atoms with Crippen LogP contribution >= 0.6 is 11.8 Å². The van der Waals surface area contributed by atoms with Crippen LogP contribution in [0.5, 0.6) is 0 Å². The van der Waals surface area contributed by atoms with Crippen LogP contribution in [0.2, 0.25) is 0 Å². The Morgan fingerprint density at radius 2 is 2.06 bits per heavy atom. The van der Waals surface area contributed by atoms with Crippen LogP contribution < -0.4 is 0 Å². The molecule has 1 saturated heterocycles. The smallest absolute Gasteiger partial charge is 0.233 e. The number of aliphatic hydroxyl groups excluding tert-OH is 1. The highest BCUT2D eigenvalue weighted by Crippen LogP contribution is 2.32. The van der Waals surface area contributed by atoms with E-state index >= 15 is 0 Å². The van der Waals surface area contributed by atoms with Gasteiger partial charge in [-0.25, -0.2) is 0 Å². The molecule has 0 aliphatic carbocycles. The molecule has 0 spiro atoms. The Hall–Kier alpha value is -1.33. The Labute approximate surface area is 103 Å². The Morgan fingerprint density at radius 1 is 1.24 bits per heavy atom. The van der Waals surface area contributed by atoms with Crippen LogP contribution in [0.1, 0.15) is 11.8 Å². The van der Waals surface area contributed by atoms with Gasteiger partial charge >= 0.3 is 0 Å². The lowest BCUT2D eigenvalue weighted by molar-refractivity contribution is 0.164. The lowest BCUT2D eigenvalue weighted by Gasteiger charge is -2.06. The highest BCUT2D eigenvalue weighted by atomic mass is 32.2. The molecule has 88 valence electrons. The van der Waals surface area contributed by atoms with E-state index in [9.17, 15) is 5.11 Å². The Bertz CT molecular complexity index is 500. The molecule has 0 amide bonds. The van der Waals surface area contributed by atoms with Crippen LogP contribution in [0.4, 0.5) is 0 Å². The zero-order valence-electron chi connectivity index (χ0n) is 9.11. The summed E-state index contributed by atoms with van der Waals surface area (Å²) in [7, 11) is 0. The summed E-state index contributed by atoms with van der Waals surface area (Å²) in [4.78, 5) is 4.36. The van der Waals surface area contributed by atoms with Crippen molar-refractivity contribution in [3.8, 4) is 11.4 Å². The van der Waals surface area contributed by atoms with Crippen molar-refractivity contribution in [3.63, 3.8) is 0 Å². The van der Waals surface area contributed by atoms with Crippen LogP contribution in [0.3, 0.4) is 0 Å². The number of thioether (sulfide) groups is 1. The van der Waals surface area contributed by atoms with Crippen LogP contribution in [0.15, 0.2) is 34.9 Å². The monoisotopic (exact) mass is 248 g/mol. The van der Waals surface area contributed by atoms with Gasteiger partial charge in [0.15, 0.2) is 0 Å². The molecule has 1 aliphatic rings. The number of aromatic nitrogens is 2. The fraction of sp³-hybridized carbons (Fsp3) is 0.333. The topological polar surface area (TPSA) is 59.2 Å². The molecule has 0 bridgehead atoms. The first-order valence-corrected chi connectivity index (χ1v) is 6.65. The van der Waals surface area contributed by atoms with E-state index in [1.165, 1.54) is 0 Å². The second-order valence-corrected chi connectivity index (χ2v) is 5.11. The van der Waals surface area contributed by atoms with Gasteiger partial charge in [-0.1, -0.05) is 35.5 Å². The molecule has 2 heterocycles. The van der Waals surface area contributed by atoms with E-state index in [2.05, 4.69) is 10.1 Å². The molecule has 1 aromatic carbocycles. The predicted molar refractivity (Wildman–Crippen MR) is 65.8 cm³/mol. The molecule has 0 saturated carbocycles. The van der Waals surface area contributed by atoms with Gasteiger partial charge in [-0.05, 0) is 0 Å². The van der Waals surface area contributed by atoms with E-state index < -0.39 is 0 Å². The molecule has 4 nitrogen and oxygen atoms in total. The van der Waals surface area contributed by atoms with Crippen LogP contribution in [0, 0.1) is 0 Å². The number of hydrogen-bond acceptors (Lipinski definition) is 5. The molecular weight excluding hydrogens is 236 g/mol. The molecule has 2 aromatic rings. The average molecular weight is 248 g/mol. The lowest BCUT2D eigenvalue weighted by atomic mass is 10.1. The summed E-state index contributed by atoms with van der Waals surface area (Å²) in [5, 5.41) is 13.7. The van der Waals surface area contributed by atoms with Gasteiger partial charge in [0.1, 0.15) is 0 Å². The molecule has 1 N–H and O–H groups in total. The molecule has 2 atom stereocenters. The SMILES string of the molecule is OC1CSCC1c1nc(-c2ccccc2)no1. The van der Waals surface area contributed by atoms with Crippen molar-refractivity contribution in [3.05, 3.63) is 36.2 Å². The van der Waals surface area contributed by atoms with E-state index in [0.717, 1.165) is 17.1 Å². The van der Waals surface area contributed by atoms with Crippen molar-refractivity contribution in [1.82, 2.24) is 10.1 Å². The van der Waals surface area contributed by atoms with Gasteiger partial charge in [0.25, 0.3) is 0 Å². The van der Waals surface area contributed by atoms with Crippen molar-refractivity contribution in [2.75, 3.05) is 11.5 Å². The third kappa shape index (κ3) is 2.08. The fourth-order valence-electron chi connectivity index (χ4n) is 1.87. The quantitative estimate of drug-likeness (QED) is 0.880. The summed E-state index contributed by atoms with van der Waals surface area (Å²) >= 11 is 1.71. The van der Waals surface area contributed by atoms with Crippen LogP contribution in [-0.2, 0) is 0 Å². The second kappa shape index (κ2) is 4.50. The van der Waals surface area contributed by atoms with Gasteiger partial charge in [-0.15, -0.1) is 0 Å². The van der Waals surface area contributed by atoms with Gasteiger partial charge in [0.05, 0.1) is 12.0 Å². The van der Waals surface area contributed by atoms with Crippen LogP contribution in [-0.4, -0.2) is 32.9 Å². The maximum Gasteiger partial charge on any atom is 0.233 e. The molecule has 1 fully saturated rings. The molecule has 2 unspecified atom stereocenters. The van der Waals surface area contributed by atoms with Gasteiger partial charge in [0, 0.05) is 17.1 Å². The summed E-state index contributed by atoms with van der Waals surface area (Å²) in [6, 6.07) is 9.70. The highest BCUT2D eigenvalue weighted by Gasteiger charge is 2.32. The first kappa shape index (κ1) is 10.8. The average Bonchev–Trinajstić information content (AvgIpc) is 2.98. The standard InChI is InChI=1S/C12H12N2O2S/c15-10-7-17-6-9(10)12-13-11(14-16-12)8-4-2-1-3-5-8/h1-5,9-10,15H,6-7H2. The third-order valence-electron chi connectivity index (χ3n) is 2.84. The summed E-state index contributed by atoms with van der Waals surface area (Å²) in [5.74, 6) is 2.70. The van der Waals surface area contributed by atoms with Gasteiger partial charge in [-0.3, -0.25) is 0 Å². The summed E-state index contributed by atoms with van der Waals surface area (Å²) in [6.07, 6.45) is -0.371. The molecule has 0 radical (unpaired) electrons. The number of hydrogen-bond donors (Lipinski definition) is 1. The van der Waals surface area contributed by atoms with Crippen molar-refractivity contribution in [2.24, 2.45) is 0 Å². The van der Waals surface area contributed by atoms with Crippen molar-refractivity contribution >= 4 is 11.8 Å². The van der Waals surface area contributed by atoms with E-state index in [0.29, 0.717) is 11.7 Å². The maximum atomic E-state index is 9.77. The van der Waals surface area contributed by atoms with Gasteiger partial charge < -0.3 is 9.63 Å². The Kier molecular flexibility index (Phi) is 2.86. The van der Waals surface area contributed by atoms with E-state index in [4.69, 9.17) is 4.52 Å². The predicted octanol–water partition coefficient (Wildman–Crippen LogP) is 1.93. The Balaban J connectivity index is 1.88. The van der Waals surface area contributed by atoms with Crippen molar-refractivity contribution in [1.29, 1.82) is 0 Å². The summed E-state index contributed by atoms with van der Waals surface area (Å²) < 4.78 is 5.24. The first-order chi connectivity index (χ1) is 8.34. The molecule has 3 rings (SSSR count). The fourth-order valence-corrected chi connectivity index (χ4v) is 3.10. The van der Waals surface area contributed by atoms with E-state index in [-0.39, 0.29) is 12.0 Å². The molecule has 1 aliphatic heterocycles. The minimum Gasteiger partial charge on any atom is -0.391 e. The van der Waals surface area contributed by atoms with Crippen molar-refractivity contribution in [2.45, 2.75) is 12.0 Å². The minimum atomic E-state index is -0.371. The third-order valence-corrected chi connectivity index (χ3v) is 4.01. The molecule has 1 aromatic heterocycles. The number of aliphatic hydroxyl groups is 1. The van der Waals surface area contributed by atoms with Gasteiger partial charge in [-0.2, -0.15) is 16.7 Å². The Morgan fingerprint density at radius 3 is 2.76 bits per heavy atom. The number of benzene rings is 1. The first-order valence-electron chi connectivity index (χ1n) is 5.49. The summed E-state index contributed by atoms with van der Waals surface area (Å²) in [6.45, 7) is 0. The van der Waals surface area contributed by atoms with E-state index in [1.54, 1.807) is 11.8 Å². The molecular formula is C12H12N2O2S. The molecule has 17 heavy (non-hydrogen) atoms. The second-order valence-electron chi connectivity index (χ2n) is 4.03. The zero-order valence-corrected chi connectivity index (χ0v) is 9.93. The highest BCUT2D eigenvalue weighted by molar-refractivity contribution is 7.99. The summed E-state index contributed by atoms with van der Waals surface area (Å²) in [5.41, 5.74) is 0.933. The maximum absolute atomic E-state index is 9.77. The van der Waals surface area contributed by atoms with Gasteiger partial charge in [0.2, 0.25) is 11.7 Å². The normalized spacial score (nSPS) is 24.1. The van der Waals surface area contributed by atoms with Crippen LogP contribution in [0.25, 0.3) is 11.4 Å². The largest absolute Gasteiger partial charge is 0.391 e. The minimum absolute atomic E-state index is 0.0232. The zero-order chi connectivity index (χ0) is 11.7. The van der Waals surface area contributed by atoms with Crippen molar-refractivity contribution < 1.29 is 9.63 Å².